The van der Waals surface area contributed by atoms with E-state index in [4.69, 9.17) is 0 Å². The molecule has 0 amide bonds. The van der Waals surface area contributed by atoms with E-state index >= 15 is 0 Å². The van der Waals surface area contributed by atoms with Gasteiger partial charge >= 0.3 is 0 Å². The molecule has 0 aliphatic carbocycles. The number of fused-ring (bicyclic) bond motifs is 1. The van der Waals surface area contributed by atoms with Gasteiger partial charge in [0.1, 0.15) is 0 Å². The van der Waals surface area contributed by atoms with Crippen LogP contribution in [0.2, 0.25) is 0 Å². The van der Waals surface area contributed by atoms with Gasteiger partial charge in [0, 0.05) is 23.8 Å². The van der Waals surface area contributed by atoms with Crippen LogP contribution in [0.4, 0.5) is 0 Å². The fraction of sp³-hybridized carbons (Fsp3) is 0.357. The third-order valence-electron chi connectivity index (χ3n) is 3.35. The Morgan fingerprint density at radius 2 is 2.25 bits per heavy atom. The normalized spacial score (nSPS) is 20.4. The summed E-state index contributed by atoms with van der Waals surface area (Å²) in [4.78, 5) is 4.17. The molecule has 16 heavy (non-hydrogen) atoms. The summed E-state index contributed by atoms with van der Waals surface area (Å²) in [6.45, 7) is 1.18. The number of pyridine rings is 1. The second kappa shape index (κ2) is 4.22. The van der Waals surface area contributed by atoms with Crippen LogP contribution in [0, 0.1) is 0 Å². The van der Waals surface area contributed by atoms with Gasteiger partial charge in [-0.15, -0.1) is 0 Å². The lowest BCUT2D eigenvalue weighted by Gasteiger charge is -2.10. The molecule has 1 atom stereocenters. The van der Waals surface area contributed by atoms with Crippen LogP contribution in [0.3, 0.4) is 0 Å². The lowest BCUT2D eigenvalue weighted by Crippen LogP contribution is -2.23. The van der Waals surface area contributed by atoms with Crippen molar-refractivity contribution in [3.63, 3.8) is 0 Å². The van der Waals surface area contributed by atoms with Gasteiger partial charge in [-0.25, -0.2) is 0 Å². The van der Waals surface area contributed by atoms with Crippen LogP contribution in [0.5, 0.6) is 0 Å². The van der Waals surface area contributed by atoms with Crippen LogP contribution < -0.4 is 5.32 Å². The molecule has 3 rings (SSSR count). The molecule has 2 heterocycles. The standard InChI is InChI=1S/C14H16N2/c1-2-14(16-6-1)9-11-3-4-12-5-7-15-10-13(12)8-11/h3-5,7-8,10,14,16H,1-2,6,9H2. The highest BCUT2D eigenvalue weighted by Crippen LogP contribution is 2.17. The van der Waals surface area contributed by atoms with Gasteiger partial charge in [-0.3, -0.25) is 4.98 Å². The van der Waals surface area contributed by atoms with Crippen molar-refractivity contribution in [1.29, 1.82) is 0 Å². The predicted molar refractivity (Wildman–Crippen MR) is 66.5 cm³/mol. The monoisotopic (exact) mass is 212 g/mol. The lowest BCUT2D eigenvalue weighted by atomic mass is 10.0. The topological polar surface area (TPSA) is 24.9 Å². The molecule has 82 valence electrons. The summed E-state index contributed by atoms with van der Waals surface area (Å²) in [5, 5.41) is 6.06. The van der Waals surface area contributed by atoms with Crippen molar-refractivity contribution >= 4 is 10.8 Å². The molecular formula is C14H16N2. The van der Waals surface area contributed by atoms with Gasteiger partial charge in [0.15, 0.2) is 0 Å². The molecule has 1 unspecified atom stereocenters. The number of nitrogens with zero attached hydrogens (tertiary/aromatic N) is 1. The van der Waals surface area contributed by atoms with Gasteiger partial charge in [0.2, 0.25) is 0 Å². The zero-order valence-corrected chi connectivity index (χ0v) is 9.32. The third kappa shape index (κ3) is 1.93. The van der Waals surface area contributed by atoms with Crippen molar-refractivity contribution in [2.75, 3.05) is 6.54 Å². The maximum absolute atomic E-state index is 4.17. The molecule has 0 bridgehead atoms. The first-order chi connectivity index (χ1) is 7.92. The molecular weight excluding hydrogens is 196 g/mol. The quantitative estimate of drug-likeness (QED) is 0.827. The van der Waals surface area contributed by atoms with E-state index in [1.54, 1.807) is 0 Å². The Morgan fingerprint density at radius 1 is 1.25 bits per heavy atom. The molecule has 1 aromatic carbocycles. The van der Waals surface area contributed by atoms with Gasteiger partial charge in [-0.05, 0) is 48.9 Å². The molecule has 2 nitrogen and oxygen atoms in total. The largest absolute Gasteiger partial charge is 0.314 e. The number of hydrogen-bond acceptors (Lipinski definition) is 2. The summed E-state index contributed by atoms with van der Waals surface area (Å²) in [6.07, 6.45) is 7.57. The maximum Gasteiger partial charge on any atom is 0.0346 e. The maximum atomic E-state index is 4.17. The van der Waals surface area contributed by atoms with Crippen molar-refractivity contribution < 1.29 is 0 Å². The van der Waals surface area contributed by atoms with E-state index in [0.29, 0.717) is 6.04 Å². The molecule has 2 heteroatoms. The van der Waals surface area contributed by atoms with E-state index in [1.807, 2.05) is 12.4 Å². The van der Waals surface area contributed by atoms with Crippen LogP contribution in [-0.2, 0) is 6.42 Å². The summed E-state index contributed by atoms with van der Waals surface area (Å²) in [5.41, 5.74) is 1.42. The van der Waals surface area contributed by atoms with E-state index in [0.717, 1.165) is 6.42 Å². The van der Waals surface area contributed by atoms with E-state index < -0.39 is 0 Å². The second-order valence-electron chi connectivity index (χ2n) is 4.55. The molecule has 0 spiro atoms. The average Bonchev–Trinajstić information content (AvgIpc) is 2.82. The van der Waals surface area contributed by atoms with E-state index in [-0.39, 0.29) is 0 Å². The summed E-state index contributed by atoms with van der Waals surface area (Å²) in [6, 6.07) is 9.44. The van der Waals surface area contributed by atoms with Gasteiger partial charge in [0.25, 0.3) is 0 Å². The van der Waals surface area contributed by atoms with Crippen molar-refractivity contribution in [1.82, 2.24) is 10.3 Å². The highest BCUT2D eigenvalue weighted by Gasteiger charge is 2.14. The Morgan fingerprint density at radius 3 is 3.12 bits per heavy atom. The van der Waals surface area contributed by atoms with Crippen LogP contribution in [0.1, 0.15) is 18.4 Å². The minimum atomic E-state index is 0.675. The Hall–Kier alpha value is -1.41. The van der Waals surface area contributed by atoms with Crippen molar-refractivity contribution in [3.8, 4) is 0 Å². The fourth-order valence-electron chi connectivity index (χ4n) is 2.48. The molecule has 0 saturated carbocycles. The summed E-state index contributed by atoms with van der Waals surface area (Å²) in [5.74, 6) is 0. The smallest absolute Gasteiger partial charge is 0.0346 e. The molecule has 1 fully saturated rings. The number of nitrogens with one attached hydrogen (secondary N) is 1. The molecule has 1 aromatic heterocycles. The Labute approximate surface area is 95.7 Å². The number of benzene rings is 1. The Bertz CT molecular complexity index is 487. The van der Waals surface area contributed by atoms with E-state index in [1.165, 1.54) is 35.7 Å². The third-order valence-corrected chi connectivity index (χ3v) is 3.35. The highest BCUT2D eigenvalue weighted by molar-refractivity contribution is 5.81. The highest BCUT2D eigenvalue weighted by atomic mass is 14.9. The zero-order valence-electron chi connectivity index (χ0n) is 9.32. The van der Waals surface area contributed by atoms with Gasteiger partial charge in [-0.2, -0.15) is 0 Å². The number of hydrogen-bond donors (Lipinski definition) is 1. The second-order valence-corrected chi connectivity index (χ2v) is 4.55. The molecule has 1 aliphatic rings. The van der Waals surface area contributed by atoms with Gasteiger partial charge in [0.05, 0.1) is 0 Å². The van der Waals surface area contributed by atoms with E-state index in [2.05, 4.69) is 34.6 Å². The average molecular weight is 212 g/mol. The van der Waals surface area contributed by atoms with Gasteiger partial charge in [-0.1, -0.05) is 12.1 Å². The van der Waals surface area contributed by atoms with Crippen LogP contribution >= 0.6 is 0 Å². The zero-order chi connectivity index (χ0) is 10.8. The van der Waals surface area contributed by atoms with Crippen LogP contribution in [0.15, 0.2) is 36.7 Å². The minimum Gasteiger partial charge on any atom is -0.314 e. The van der Waals surface area contributed by atoms with E-state index in [9.17, 15) is 0 Å². The summed E-state index contributed by atoms with van der Waals surface area (Å²) < 4.78 is 0. The molecule has 1 saturated heterocycles. The van der Waals surface area contributed by atoms with Crippen LogP contribution in [-0.4, -0.2) is 17.6 Å². The van der Waals surface area contributed by atoms with Crippen molar-refractivity contribution in [2.45, 2.75) is 25.3 Å². The van der Waals surface area contributed by atoms with Crippen molar-refractivity contribution in [2.24, 2.45) is 0 Å². The molecule has 1 N–H and O–H groups in total. The summed E-state index contributed by atoms with van der Waals surface area (Å²) >= 11 is 0. The SMILES string of the molecule is c1cc2ccc(CC3CCCN3)cc2cn1. The number of aromatic nitrogens is 1. The summed E-state index contributed by atoms with van der Waals surface area (Å²) in [7, 11) is 0. The van der Waals surface area contributed by atoms with Gasteiger partial charge < -0.3 is 5.32 Å². The Balaban J connectivity index is 1.86. The first kappa shape index (κ1) is 9.79. The molecule has 2 aromatic rings. The molecule has 0 radical (unpaired) electrons. The lowest BCUT2D eigenvalue weighted by molar-refractivity contribution is 0.603. The number of rotatable bonds is 2. The first-order valence-electron chi connectivity index (χ1n) is 5.98. The van der Waals surface area contributed by atoms with Crippen LogP contribution in [0.25, 0.3) is 10.8 Å². The van der Waals surface area contributed by atoms with Crippen molar-refractivity contribution in [3.05, 3.63) is 42.2 Å². The first-order valence-corrected chi connectivity index (χ1v) is 5.98. The fourth-order valence-corrected chi connectivity index (χ4v) is 2.48. The minimum absolute atomic E-state index is 0.675. The predicted octanol–water partition coefficient (Wildman–Crippen LogP) is 2.53. The Kier molecular flexibility index (Phi) is 2.58. The molecule has 1 aliphatic heterocycles.